The summed E-state index contributed by atoms with van der Waals surface area (Å²) in [6, 6.07) is 9.23. The van der Waals surface area contributed by atoms with E-state index in [0.29, 0.717) is 43.6 Å². The van der Waals surface area contributed by atoms with Crippen LogP contribution in [0.1, 0.15) is 48.1 Å². The Morgan fingerprint density at radius 2 is 2.08 bits per heavy atom. The maximum absolute atomic E-state index is 13.3. The van der Waals surface area contributed by atoms with E-state index >= 15 is 0 Å². The van der Waals surface area contributed by atoms with Gasteiger partial charge in [0.15, 0.2) is 0 Å². The number of aromatic nitrogens is 3. The van der Waals surface area contributed by atoms with Crippen LogP contribution in [0.25, 0.3) is 11.0 Å². The third-order valence-corrected chi connectivity index (χ3v) is 6.48. The van der Waals surface area contributed by atoms with E-state index in [-0.39, 0.29) is 17.9 Å². The van der Waals surface area contributed by atoms with Crippen LogP contribution in [0.5, 0.6) is 5.88 Å². The number of ether oxygens (including phenoxy) is 1. The fourth-order valence-electron chi connectivity index (χ4n) is 4.72. The molecule has 0 aliphatic carbocycles. The molecular weight excluding hydrogens is 468 g/mol. The monoisotopic (exact) mass is 504 g/mol. The van der Waals surface area contributed by atoms with Gasteiger partial charge < -0.3 is 19.1 Å². The molecule has 1 N–H and O–H groups in total. The molecule has 1 atom stereocenters. The second-order valence-corrected chi connectivity index (χ2v) is 9.62. The first-order chi connectivity index (χ1) is 17.9. The van der Waals surface area contributed by atoms with Crippen molar-refractivity contribution in [1.82, 2.24) is 24.3 Å². The van der Waals surface area contributed by atoms with E-state index in [0.717, 1.165) is 35.9 Å². The van der Waals surface area contributed by atoms with Gasteiger partial charge in [0, 0.05) is 43.5 Å². The zero-order chi connectivity index (χ0) is 26.4. The molecule has 1 saturated heterocycles. The summed E-state index contributed by atoms with van der Waals surface area (Å²) in [6.45, 7) is 6.37. The van der Waals surface area contributed by atoms with Crippen LogP contribution in [0.4, 0.5) is 5.95 Å². The molecule has 3 heterocycles. The van der Waals surface area contributed by atoms with Crippen LogP contribution in [0.2, 0.25) is 0 Å². The van der Waals surface area contributed by atoms with E-state index < -0.39 is 0 Å². The maximum atomic E-state index is 13.3. The van der Waals surface area contributed by atoms with Crippen LogP contribution in [-0.4, -0.2) is 76.5 Å². The number of carbonyl (C=O) groups excluding carboxylic acids is 2. The molecule has 0 spiro atoms. The predicted octanol–water partition coefficient (Wildman–Crippen LogP) is 4.06. The summed E-state index contributed by atoms with van der Waals surface area (Å²) in [4.78, 5) is 39.2. The number of fused-ring (bicyclic) bond motifs is 1. The van der Waals surface area contributed by atoms with Gasteiger partial charge >= 0.3 is 0 Å². The van der Waals surface area contributed by atoms with Crippen LogP contribution < -0.4 is 10.1 Å². The summed E-state index contributed by atoms with van der Waals surface area (Å²) in [6.07, 6.45) is 7.94. The number of nitrogens with zero attached hydrogens (tertiary/aromatic N) is 5. The number of rotatable bonds is 8. The zero-order valence-electron chi connectivity index (χ0n) is 22.1. The van der Waals surface area contributed by atoms with Crippen molar-refractivity contribution in [3.05, 3.63) is 59.8 Å². The maximum Gasteiger partial charge on any atom is 0.258 e. The third kappa shape index (κ3) is 6.35. The van der Waals surface area contributed by atoms with Crippen LogP contribution in [-0.2, 0) is 4.79 Å². The van der Waals surface area contributed by atoms with Crippen LogP contribution in [0, 0.1) is 6.92 Å². The van der Waals surface area contributed by atoms with Crippen LogP contribution >= 0.6 is 0 Å². The predicted molar refractivity (Wildman–Crippen MR) is 145 cm³/mol. The van der Waals surface area contributed by atoms with Gasteiger partial charge in [-0.05, 0) is 64.9 Å². The summed E-state index contributed by atoms with van der Waals surface area (Å²) < 4.78 is 7.57. The van der Waals surface area contributed by atoms with Crippen molar-refractivity contribution in [1.29, 1.82) is 0 Å². The number of nitrogens with one attached hydrogen (secondary N) is 1. The topological polar surface area (TPSA) is 92.6 Å². The third-order valence-electron chi connectivity index (χ3n) is 6.48. The Balaban J connectivity index is 1.66. The first-order valence-electron chi connectivity index (χ1n) is 12.8. The molecule has 1 aromatic carbocycles. The number of likely N-dealkylation sites (tertiary alicyclic amines) is 1. The molecule has 9 nitrogen and oxygen atoms in total. The Kier molecular flexibility index (Phi) is 8.55. The number of pyridine rings is 1. The SMILES string of the molecule is CCOc1cc(C(=O)Nc2nc3cccc(C)c3n2C2CCCCN(C(=O)C=CCN(C)C)C2)ccn1. The molecule has 2 aromatic heterocycles. The summed E-state index contributed by atoms with van der Waals surface area (Å²) >= 11 is 0. The molecule has 9 heteroatoms. The molecule has 2 amide bonds. The van der Waals surface area contributed by atoms with Crippen LogP contribution in [0.3, 0.4) is 0 Å². The van der Waals surface area contributed by atoms with Crippen molar-refractivity contribution in [2.24, 2.45) is 0 Å². The van der Waals surface area contributed by atoms with Gasteiger partial charge in [-0.3, -0.25) is 14.9 Å². The lowest BCUT2D eigenvalue weighted by atomic mass is 10.1. The normalized spacial score (nSPS) is 16.4. The molecule has 1 unspecified atom stereocenters. The molecule has 37 heavy (non-hydrogen) atoms. The molecular formula is C28H36N6O3. The van der Waals surface area contributed by atoms with Crippen LogP contribution in [0.15, 0.2) is 48.7 Å². The van der Waals surface area contributed by atoms with Crippen molar-refractivity contribution in [2.75, 3.05) is 45.7 Å². The minimum Gasteiger partial charge on any atom is -0.478 e. The largest absolute Gasteiger partial charge is 0.478 e. The number of benzene rings is 1. The first kappa shape index (κ1) is 26.3. The van der Waals surface area contributed by atoms with Crippen molar-refractivity contribution in [3.8, 4) is 5.88 Å². The Bertz CT molecular complexity index is 1280. The molecule has 196 valence electrons. The highest BCUT2D eigenvalue weighted by Gasteiger charge is 2.27. The fraction of sp³-hybridized carbons (Fsp3) is 0.429. The number of anilines is 1. The molecule has 1 aliphatic rings. The number of likely N-dealkylation sites (N-methyl/N-ethyl adjacent to an activating group) is 1. The molecule has 1 fully saturated rings. The Morgan fingerprint density at radius 1 is 1.24 bits per heavy atom. The molecule has 4 rings (SSSR count). The average molecular weight is 505 g/mol. The Hall–Kier alpha value is -3.72. The summed E-state index contributed by atoms with van der Waals surface area (Å²) in [5.74, 6) is 0.609. The summed E-state index contributed by atoms with van der Waals surface area (Å²) in [5, 5.41) is 3.03. The standard InChI is InChI=1S/C28H36N6O3/c1-5-37-24-18-21(14-15-29-24)27(36)31-28-30-23-12-8-10-20(2)26(23)34(28)22-11-6-7-17-33(19-22)25(35)13-9-16-32(3)4/h8-10,12-15,18,22H,5-7,11,16-17,19H2,1-4H3,(H,30,31,36). The second-order valence-electron chi connectivity index (χ2n) is 9.62. The summed E-state index contributed by atoms with van der Waals surface area (Å²) in [5.41, 5.74) is 3.30. The number of para-hydroxylation sites is 1. The van der Waals surface area contributed by atoms with Gasteiger partial charge in [-0.15, -0.1) is 0 Å². The van der Waals surface area contributed by atoms with E-state index in [1.54, 1.807) is 24.4 Å². The number of amides is 2. The lowest BCUT2D eigenvalue weighted by molar-refractivity contribution is -0.126. The van der Waals surface area contributed by atoms with Gasteiger partial charge in [0.05, 0.1) is 23.7 Å². The number of hydrogen-bond acceptors (Lipinski definition) is 6. The molecule has 0 bridgehead atoms. The number of carbonyl (C=O) groups is 2. The second kappa shape index (κ2) is 12.0. The van der Waals surface area contributed by atoms with Gasteiger partial charge in [-0.25, -0.2) is 9.97 Å². The van der Waals surface area contributed by atoms with E-state index in [4.69, 9.17) is 9.72 Å². The minimum atomic E-state index is -0.286. The van der Waals surface area contributed by atoms with Gasteiger partial charge in [-0.2, -0.15) is 0 Å². The van der Waals surface area contributed by atoms with E-state index in [1.165, 1.54) is 0 Å². The lowest BCUT2D eigenvalue weighted by Gasteiger charge is -2.26. The van der Waals surface area contributed by atoms with Gasteiger partial charge in [0.1, 0.15) is 0 Å². The summed E-state index contributed by atoms with van der Waals surface area (Å²) in [7, 11) is 3.95. The smallest absolute Gasteiger partial charge is 0.258 e. The highest BCUT2D eigenvalue weighted by atomic mass is 16.5. The Labute approximate surface area is 218 Å². The molecule has 3 aromatic rings. The van der Waals surface area contributed by atoms with Crippen molar-refractivity contribution < 1.29 is 14.3 Å². The fourth-order valence-corrected chi connectivity index (χ4v) is 4.72. The van der Waals surface area contributed by atoms with E-state index in [9.17, 15) is 9.59 Å². The van der Waals surface area contributed by atoms with Gasteiger partial charge in [-0.1, -0.05) is 18.2 Å². The highest BCUT2D eigenvalue weighted by Crippen LogP contribution is 2.32. The lowest BCUT2D eigenvalue weighted by Crippen LogP contribution is -2.35. The van der Waals surface area contributed by atoms with Crippen molar-refractivity contribution in [3.63, 3.8) is 0 Å². The number of imidazole rings is 1. The quantitative estimate of drug-likeness (QED) is 0.465. The van der Waals surface area contributed by atoms with E-state index in [1.807, 2.05) is 62.0 Å². The average Bonchev–Trinajstić information content (AvgIpc) is 3.06. The molecule has 0 radical (unpaired) electrons. The van der Waals surface area contributed by atoms with Gasteiger partial charge in [0.2, 0.25) is 17.7 Å². The number of aryl methyl sites for hydroxylation is 1. The Morgan fingerprint density at radius 3 is 2.86 bits per heavy atom. The zero-order valence-corrected chi connectivity index (χ0v) is 22.1. The molecule has 1 aliphatic heterocycles. The molecule has 0 saturated carbocycles. The van der Waals surface area contributed by atoms with Crippen molar-refractivity contribution in [2.45, 2.75) is 39.2 Å². The van der Waals surface area contributed by atoms with Gasteiger partial charge in [0.25, 0.3) is 5.91 Å². The van der Waals surface area contributed by atoms with Crippen molar-refractivity contribution >= 4 is 28.8 Å². The van der Waals surface area contributed by atoms with E-state index in [2.05, 4.69) is 14.9 Å². The minimum absolute atomic E-state index is 0.0146. The number of hydrogen-bond donors (Lipinski definition) is 1. The first-order valence-corrected chi connectivity index (χ1v) is 12.8. The highest BCUT2D eigenvalue weighted by molar-refractivity contribution is 6.04.